The van der Waals surface area contributed by atoms with Crippen LogP contribution in [0.4, 0.5) is 0 Å². The first-order valence-electron chi connectivity index (χ1n) is 16.9. The molecule has 2 atom stereocenters. The van der Waals surface area contributed by atoms with Crippen LogP contribution in [0.5, 0.6) is 0 Å². The number of unbranched alkanes of at least 4 members (excludes halogenated alkanes) is 1. The fraction of sp³-hybridized carbons (Fsp3) is 1.00. The Kier molecular flexibility index (Phi) is 17.7. The summed E-state index contributed by atoms with van der Waals surface area (Å²) in [5, 5.41) is 5.44. The number of nitrogens with zero attached hydrogens (tertiary/aromatic N) is 6. The first-order chi connectivity index (χ1) is 18.4. The molecule has 6 nitrogen and oxygen atoms in total. The minimum atomic E-state index is -0.128. The van der Waals surface area contributed by atoms with E-state index in [2.05, 4.69) is 148 Å². The molecule has 0 aromatic carbocycles. The zero-order valence-corrected chi connectivity index (χ0v) is 30.7. The molecule has 0 fully saturated rings. The lowest BCUT2D eigenvalue weighted by atomic mass is 9.96. The van der Waals surface area contributed by atoms with Crippen LogP contribution >= 0.6 is 0 Å². The van der Waals surface area contributed by atoms with E-state index in [0.29, 0.717) is 18.2 Å². The Bertz CT molecular complexity index is 618. The SMILES string of the molecule is CCCCN(C(CCC(N(CC)CC)(N(CCC)CCC)N(C(C)C)C(C)C)N(C)C)N(C(C)(C)C)C(C)(C)C. The van der Waals surface area contributed by atoms with Crippen molar-refractivity contribution < 1.29 is 0 Å². The van der Waals surface area contributed by atoms with Gasteiger partial charge in [0.1, 0.15) is 5.79 Å². The zero-order valence-electron chi connectivity index (χ0n) is 30.7. The van der Waals surface area contributed by atoms with Gasteiger partial charge in [0.05, 0.1) is 6.17 Å². The van der Waals surface area contributed by atoms with E-state index in [1.807, 2.05) is 0 Å². The molecule has 242 valence electrons. The molecular formula is C34H76N6. The summed E-state index contributed by atoms with van der Waals surface area (Å²) in [4.78, 5) is 11.0. The van der Waals surface area contributed by atoms with Crippen molar-refractivity contribution in [1.82, 2.24) is 29.6 Å². The molecule has 0 bridgehead atoms. The van der Waals surface area contributed by atoms with Gasteiger partial charge in [-0.15, -0.1) is 0 Å². The number of rotatable bonds is 20. The summed E-state index contributed by atoms with van der Waals surface area (Å²) in [6.45, 7) is 41.1. The van der Waals surface area contributed by atoms with Gasteiger partial charge in [-0.2, -0.15) is 0 Å². The normalized spacial score (nSPS) is 16.1. The molecule has 40 heavy (non-hydrogen) atoms. The number of hydrogen-bond donors (Lipinski definition) is 0. The molecule has 2 unspecified atom stereocenters. The first-order valence-corrected chi connectivity index (χ1v) is 16.9. The van der Waals surface area contributed by atoms with Crippen LogP contribution in [-0.4, -0.2) is 112 Å². The maximum atomic E-state index is 2.86. The van der Waals surface area contributed by atoms with E-state index in [-0.39, 0.29) is 16.9 Å². The minimum absolute atomic E-state index is 0.0224. The summed E-state index contributed by atoms with van der Waals surface area (Å²) >= 11 is 0. The van der Waals surface area contributed by atoms with Crippen LogP contribution in [0.3, 0.4) is 0 Å². The van der Waals surface area contributed by atoms with Crippen LogP contribution in [0.25, 0.3) is 0 Å². The molecule has 0 spiro atoms. The molecule has 0 aromatic rings. The summed E-state index contributed by atoms with van der Waals surface area (Å²) in [5.41, 5.74) is 0.0448. The predicted molar refractivity (Wildman–Crippen MR) is 180 cm³/mol. The lowest BCUT2D eigenvalue weighted by Crippen LogP contribution is -2.73. The Labute approximate surface area is 253 Å². The fourth-order valence-corrected chi connectivity index (χ4v) is 7.61. The van der Waals surface area contributed by atoms with Gasteiger partial charge in [0, 0.05) is 42.8 Å². The Morgan fingerprint density at radius 2 is 1.05 bits per heavy atom. The van der Waals surface area contributed by atoms with E-state index in [4.69, 9.17) is 0 Å². The van der Waals surface area contributed by atoms with Gasteiger partial charge in [0.2, 0.25) is 0 Å². The molecule has 0 aliphatic heterocycles. The highest BCUT2D eigenvalue weighted by Crippen LogP contribution is 2.37. The maximum Gasteiger partial charge on any atom is 0.131 e. The minimum Gasteiger partial charge on any atom is -0.293 e. The van der Waals surface area contributed by atoms with Gasteiger partial charge in [0.25, 0.3) is 0 Å². The second-order valence-corrected chi connectivity index (χ2v) is 14.7. The van der Waals surface area contributed by atoms with Crippen molar-refractivity contribution in [1.29, 1.82) is 0 Å². The molecule has 0 aliphatic rings. The van der Waals surface area contributed by atoms with Crippen molar-refractivity contribution in [3.63, 3.8) is 0 Å². The molecule has 0 radical (unpaired) electrons. The number of hydrazine groups is 1. The van der Waals surface area contributed by atoms with E-state index >= 15 is 0 Å². The van der Waals surface area contributed by atoms with Crippen LogP contribution < -0.4 is 0 Å². The van der Waals surface area contributed by atoms with Gasteiger partial charge in [0.15, 0.2) is 0 Å². The Morgan fingerprint density at radius 1 is 0.600 bits per heavy atom. The highest BCUT2D eigenvalue weighted by Gasteiger charge is 2.49. The quantitative estimate of drug-likeness (QED) is 0.109. The molecule has 0 aromatic heterocycles. The molecule has 0 amide bonds. The predicted octanol–water partition coefficient (Wildman–Crippen LogP) is 7.81. The van der Waals surface area contributed by atoms with Crippen molar-refractivity contribution in [3.05, 3.63) is 0 Å². The highest BCUT2D eigenvalue weighted by atomic mass is 15.7. The van der Waals surface area contributed by atoms with Gasteiger partial charge in [-0.05, 0) is 129 Å². The van der Waals surface area contributed by atoms with Crippen molar-refractivity contribution in [2.45, 2.75) is 177 Å². The van der Waals surface area contributed by atoms with Crippen molar-refractivity contribution in [2.75, 3.05) is 46.8 Å². The molecule has 0 saturated carbocycles. The second-order valence-electron chi connectivity index (χ2n) is 14.7. The Balaban J connectivity index is 7.23. The Hall–Kier alpha value is -0.240. The molecule has 0 saturated heterocycles. The van der Waals surface area contributed by atoms with E-state index in [9.17, 15) is 0 Å². The highest BCUT2D eigenvalue weighted by molar-refractivity contribution is 4.96. The van der Waals surface area contributed by atoms with Gasteiger partial charge >= 0.3 is 0 Å². The monoisotopic (exact) mass is 569 g/mol. The fourth-order valence-electron chi connectivity index (χ4n) is 7.61. The molecule has 6 heteroatoms. The number of hydrogen-bond acceptors (Lipinski definition) is 6. The lowest BCUT2D eigenvalue weighted by Gasteiger charge is -2.60. The molecule has 0 rings (SSSR count). The smallest absolute Gasteiger partial charge is 0.131 e. The van der Waals surface area contributed by atoms with E-state index in [1.54, 1.807) is 0 Å². The van der Waals surface area contributed by atoms with E-state index < -0.39 is 0 Å². The van der Waals surface area contributed by atoms with Crippen molar-refractivity contribution >= 4 is 0 Å². The summed E-state index contributed by atoms with van der Waals surface area (Å²) in [6.07, 6.45) is 7.29. The zero-order chi connectivity index (χ0) is 31.5. The van der Waals surface area contributed by atoms with E-state index in [0.717, 1.165) is 45.6 Å². The summed E-state index contributed by atoms with van der Waals surface area (Å²) in [6, 6.07) is 0.901. The maximum absolute atomic E-state index is 2.86. The molecule has 0 heterocycles. The second kappa shape index (κ2) is 17.8. The molecule has 0 N–H and O–H groups in total. The summed E-state index contributed by atoms with van der Waals surface area (Å²) in [5.74, 6) is -0.128. The topological polar surface area (TPSA) is 19.4 Å². The average molecular weight is 569 g/mol. The van der Waals surface area contributed by atoms with Crippen LogP contribution in [-0.2, 0) is 0 Å². The van der Waals surface area contributed by atoms with Crippen LogP contribution in [0.15, 0.2) is 0 Å². The molecule has 0 aliphatic carbocycles. The largest absolute Gasteiger partial charge is 0.293 e. The third-order valence-corrected chi connectivity index (χ3v) is 8.24. The summed E-state index contributed by atoms with van der Waals surface area (Å²) < 4.78 is 0. The average Bonchev–Trinajstić information content (AvgIpc) is 2.80. The van der Waals surface area contributed by atoms with Crippen LogP contribution in [0.2, 0.25) is 0 Å². The summed E-state index contributed by atoms with van der Waals surface area (Å²) in [7, 11) is 4.59. The standard InChI is InChI=1S/C34H76N6/c1-18-23-28-38(40(32(10,11)12)33(13,14)15)31(35(16)17)24-25-34(36(21-4)22-5,37(26-19-2)27-20-3)39(29(6)7)30(8)9/h29-31H,18-28H2,1-17H3. The van der Waals surface area contributed by atoms with Crippen LogP contribution in [0.1, 0.15) is 142 Å². The van der Waals surface area contributed by atoms with E-state index in [1.165, 1.54) is 25.7 Å². The third kappa shape index (κ3) is 10.5. The molecular weight excluding hydrogens is 492 g/mol. The lowest BCUT2D eigenvalue weighted by molar-refractivity contribution is -0.218. The van der Waals surface area contributed by atoms with Crippen molar-refractivity contribution in [3.8, 4) is 0 Å². The Morgan fingerprint density at radius 3 is 1.35 bits per heavy atom. The van der Waals surface area contributed by atoms with Gasteiger partial charge < -0.3 is 0 Å². The van der Waals surface area contributed by atoms with Gasteiger partial charge in [-0.3, -0.25) is 19.6 Å². The van der Waals surface area contributed by atoms with Crippen LogP contribution in [0, 0.1) is 0 Å². The van der Waals surface area contributed by atoms with Gasteiger partial charge in [-0.1, -0.05) is 41.0 Å². The van der Waals surface area contributed by atoms with Gasteiger partial charge in [-0.25, -0.2) is 10.0 Å². The first kappa shape index (κ1) is 39.8. The third-order valence-electron chi connectivity index (χ3n) is 8.24. The van der Waals surface area contributed by atoms with Crippen molar-refractivity contribution in [2.24, 2.45) is 0 Å².